The van der Waals surface area contributed by atoms with Crippen LogP contribution in [-0.4, -0.2) is 25.1 Å². The minimum absolute atomic E-state index is 0.724. The van der Waals surface area contributed by atoms with Crippen molar-refractivity contribution in [3.63, 3.8) is 0 Å². The van der Waals surface area contributed by atoms with Gasteiger partial charge in [0.05, 0.1) is 0 Å². The zero-order valence-corrected chi connectivity index (χ0v) is 5.22. The van der Waals surface area contributed by atoms with Gasteiger partial charge in [0, 0.05) is 19.0 Å². The molecule has 0 amide bonds. The van der Waals surface area contributed by atoms with Gasteiger partial charge in [-0.3, -0.25) is 5.43 Å². The molecule has 1 fully saturated rings. The summed E-state index contributed by atoms with van der Waals surface area (Å²) in [6.45, 7) is 5.95. The fourth-order valence-corrected chi connectivity index (χ4v) is 0.844. The van der Waals surface area contributed by atoms with E-state index in [1.807, 2.05) is 13.1 Å². The molecule has 1 rings (SSSR count). The average molecular weight is 112 g/mol. The highest BCUT2D eigenvalue weighted by Crippen LogP contribution is 2.11. The Hall–Kier alpha value is -0.340. The summed E-state index contributed by atoms with van der Waals surface area (Å²) in [5, 5.41) is 2.16. The van der Waals surface area contributed by atoms with Gasteiger partial charge < -0.3 is 0 Å². The van der Waals surface area contributed by atoms with E-state index >= 15 is 0 Å². The van der Waals surface area contributed by atoms with Crippen LogP contribution in [0.3, 0.4) is 0 Å². The lowest BCUT2D eigenvalue weighted by atomic mass is 10.0. The molecular weight excluding hydrogens is 100 g/mol. The lowest BCUT2D eigenvalue weighted by Gasteiger charge is -2.36. The van der Waals surface area contributed by atoms with Gasteiger partial charge in [-0.15, -0.1) is 6.58 Å². The lowest BCUT2D eigenvalue weighted by molar-refractivity contribution is 0.0806. The van der Waals surface area contributed by atoms with Crippen molar-refractivity contribution in [1.82, 2.24) is 10.4 Å². The Labute approximate surface area is 50.1 Å². The molecule has 0 spiro atoms. The summed E-state index contributed by atoms with van der Waals surface area (Å²) < 4.78 is 0. The van der Waals surface area contributed by atoms with Crippen molar-refractivity contribution < 1.29 is 0 Å². The van der Waals surface area contributed by atoms with Crippen LogP contribution in [0.5, 0.6) is 0 Å². The lowest BCUT2D eigenvalue weighted by Crippen LogP contribution is -2.51. The van der Waals surface area contributed by atoms with Crippen molar-refractivity contribution >= 4 is 0 Å². The van der Waals surface area contributed by atoms with Gasteiger partial charge in [0.15, 0.2) is 0 Å². The molecule has 46 valence electrons. The minimum atomic E-state index is 0.724. The number of nitrogens with one attached hydrogen (secondary N) is 1. The molecule has 0 atom stereocenters. The molecule has 1 saturated heterocycles. The van der Waals surface area contributed by atoms with Crippen LogP contribution in [0.25, 0.3) is 0 Å². The second kappa shape index (κ2) is 2.29. The molecule has 0 unspecified atom stereocenters. The van der Waals surface area contributed by atoms with Gasteiger partial charge in [-0.05, 0) is 7.05 Å². The third kappa shape index (κ3) is 0.904. The smallest absolute Gasteiger partial charge is 0.0206 e. The highest BCUT2D eigenvalue weighted by molar-refractivity contribution is 4.89. The predicted molar refractivity (Wildman–Crippen MR) is 34.3 cm³/mol. The predicted octanol–water partition coefficient (Wildman–Crippen LogP) is 0.239. The van der Waals surface area contributed by atoms with Crippen molar-refractivity contribution in [2.75, 3.05) is 20.1 Å². The molecule has 8 heavy (non-hydrogen) atoms. The first kappa shape index (κ1) is 5.79. The van der Waals surface area contributed by atoms with Crippen LogP contribution in [0.4, 0.5) is 0 Å². The fourth-order valence-electron chi connectivity index (χ4n) is 0.844. The Morgan fingerprint density at radius 2 is 2.38 bits per heavy atom. The number of nitrogens with zero attached hydrogens (tertiary/aromatic N) is 1. The zero-order valence-electron chi connectivity index (χ0n) is 5.22. The summed E-state index contributed by atoms with van der Waals surface area (Å²) in [5.41, 5.74) is 3.05. The number of hydrogen-bond donors (Lipinski definition) is 1. The second-order valence-corrected chi connectivity index (χ2v) is 2.12. The van der Waals surface area contributed by atoms with Crippen LogP contribution in [0.1, 0.15) is 0 Å². The Morgan fingerprint density at radius 1 is 1.75 bits per heavy atom. The van der Waals surface area contributed by atoms with Gasteiger partial charge in [-0.1, -0.05) is 6.08 Å². The molecule has 1 aliphatic heterocycles. The third-order valence-corrected chi connectivity index (χ3v) is 1.56. The normalized spacial score (nSPS) is 22.6. The zero-order chi connectivity index (χ0) is 5.98. The van der Waals surface area contributed by atoms with Crippen LogP contribution in [-0.2, 0) is 0 Å². The second-order valence-electron chi connectivity index (χ2n) is 2.12. The largest absolute Gasteiger partial charge is 0.258 e. The van der Waals surface area contributed by atoms with Gasteiger partial charge in [0.2, 0.25) is 0 Å². The molecule has 1 heterocycles. The molecule has 0 radical (unpaired) electrons. The van der Waals surface area contributed by atoms with Crippen LogP contribution in [0, 0.1) is 5.92 Å². The van der Waals surface area contributed by atoms with E-state index < -0.39 is 0 Å². The third-order valence-electron chi connectivity index (χ3n) is 1.56. The van der Waals surface area contributed by atoms with E-state index in [1.54, 1.807) is 0 Å². The SMILES string of the molecule is C=CC1CN(NC)C1. The average Bonchev–Trinajstić information content (AvgIpc) is 1.65. The summed E-state index contributed by atoms with van der Waals surface area (Å²) in [7, 11) is 1.94. The van der Waals surface area contributed by atoms with Crippen molar-refractivity contribution in [2.45, 2.75) is 0 Å². The minimum Gasteiger partial charge on any atom is -0.258 e. The standard InChI is InChI=1S/C6H12N2/c1-3-6-4-8(5-6)7-2/h3,6-7H,1,4-5H2,2H3. The molecule has 2 nitrogen and oxygen atoms in total. The number of hydrazine groups is 1. The highest BCUT2D eigenvalue weighted by atomic mass is 15.5. The van der Waals surface area contributed by atoms with E-state index in [9.17, 15) is 0 Å². The van der Waals surface area contributed by atoms with Gasteiger partial charge in [-0.2, -0.15) is 0 Å². The van der Waals surface area contributed by atoms with E-state index in [-0.39, 0.29) is 0 Å². The first-order valence-corrected chi connectivity index (χ1v) is 2.91. The highest BCUT2D eigenvalue weighted by Gasteiger charge is 2.21. The van der Waals surface area contributed by atoms with E-state index in [0.717, 1.165) is 19.0 Å². The van der Waals surface area contributed by atoms with Gasteiger partial charge in [0.25, 0.3) is 0 Å². The van der Waals surface area contributed by atoms with Crippen LogP contribution < -0.4 is 5.43 Å². The van der Waals surface area contributed by atoms with Crippen LogP contribution in [0.2, 0.25) is 0 Å². The molecule has 0 aromatic heterocycles. The maximum atomic E-state index is 3.70. The molecular formula is C6H12N2. The first-order chi connectivity index (χ1) is 3.86. The van der Waals surface area contributed by atoms with Gasteiger partial charge in [-0.25, -0.2) is 5.01 Å². The maximum absolute atomic E-state index is 3.70. The number of rotatable bonds is 2. The molecule has 1 aliphatic rings. The summed E-state index contributed by atoms with van der Waals surface area (Å²) in [6.07, 6.45) is 2.01. The Bertz CT molecular complexity index is 84.5. The maximum Gasteiger partial charge on any atom is 0.0206 e. The summed E-state index contributed by atoms with van der Waals surface area (Å²) in [4.78, 5) is 0. The molecule has 0 aromatic carbocycles. The van der Waals surface area contributed by atoms with Gasteiger partial charge in [0.1, 0.15) is 0 Å². The van der Waals surface area contributed by atoms with E-state index in [0.29, 0.717) is 0 Å². The topological polar surface area (TPSA) is 15.3 Å². The molecule has 0 aromatic rings. The van der Waals surface area contributed by atoms with E-state index in [1.165, 1.54) is 0 Å². The first-order valence-electron chi connectivity index (χ1n) is 2.91. The van der Waals surface area contributed by atoms with Crippen molar-refractivity contribution in [3.8, 4) is 0 Å². The van der Waals surface area contributed by atoms with Crippen LogP contribution in [0.15, 0.2) is 12.7 Å². The molecule has 0 aliphatic carbocycles. The quantitative estimate of drug-likeness (QED) is 0.515. The molecule has 0 bridgehead atoms. The van der Waals surface area contributed by atoms with Crippen molar-refractivity contribution in [3.05, 3.63) is 12.7 Å². The summed E-state index contributed by atoms with van der Waals surface area (Å²) in [6, 6.07) is 0. The molecule has 1 N–H and O–H groups in total. The summed E-state index contributed by atoms with van der Waals surface area (Å²) >= 11 is 0. The van der Waals surface area contributed by atoms with Crippen LogP contribution >= 0.6 is 0 Å². The Kier molecular flexibility index (Phi) is 1.65. The van der Waals surface area contributed by atoms with E-state index in [2.05, 4.69) is 17.0 Å². The Morgan fingerprint density at radius 3 is 2.75 bits per heavy atom. The van der Waals surface area contributed by atoms with E-state index in [4.69, 9.17) is 0 Å². The molecule has 0 saturated carbocycles. The summed E-state index contributed by atoms with van der Waals surface area (Å²) in [5.74, 6) is 0.724. The Balaban J connectivity index is 2.11. The van der Waals surface area contributed by atoms with Gasteiger partial charge >= 0.3 is 0 Å². The van der Waals surface area contributed by atoms with Crippen molar-refractivity contribution in [1.29, 1.82) is 0 Å². The fraction of sp³-hybridized carbons (Fsp3) is 0.667. The molecule has 2 heteroatoms. The monoisotopic (exact) mass is 112 g/mol. The van der Waals surface area contributed by atoms with Crippen molar-refractivity contribution in [2.24, 2.45) is 5.92 Å². The number of hydrogen-bond acceptors (Lipinski definition) is 2.